The van der Waals surface area contributed by atoms with E-state index in [4.69, 9.17) is 9.26 Å². The van der Waals surface area contributed by atoms with Crippen LogP contribution >= 0.6 is 0 Å². The van der Waals surface area contributed by atoms with Crippen LogP contribution < -0.4 is 5.32 Å². The first-order chi connectivity index (χ1) is 9.43. The van der Waals surface area contributed by atoms with E-state index in [1.165, 1.54) is 44.9 Å². The lowest BCUT2D eigenvalue weighted by Gasteiger charge is -2.20. The van der Waals surface area contributed by atoms with E-state index < -0.39 is 0 Å². The zero-order chi connectivity index (χ0) is 12.9. The summed E-state index contributed by atoms with van der Waals surface area (Å²) in [6.45, 7) is 2.41. The van der Waals surface area contributed by atoms with Gasteiger partial charge in [-0.3, -0.25) is 0 Å². The summed E-state index contributed by atoms with van der Waals surface area (Å²) in [5.41, 5.74) is 0. The molecular weight excluding hydrogens is 242 g/mol. The molecule has 1 saturated carbocycles. The Hall–Kier alpha value is -0.940. The quantitative estimate of drug-likeness (QED) is 0.890. The lowest BCUT2D eigenvalue weighted by molar-refractivity contribution is 0.0208. The van der Waals surface area contributed by atoms with Crippen molar-refractivity contribution in [1.82, 2.24) is 15.5 Å². The van der Waals surface area contributed by atoms with E-state index in [0.717, 1.165) is 25.6 Å². The van der Waals surface area contributed by atoms with Crippen LogP contribution in [0.2, 0.25) is 0 Å². The van der Waals surface area contributed by atoms with Gasteiger partial charge in [-0.1, -0.05) is 37.3 Å². The average molecular weight is 265 g/mol. The summed E-state index contributed by atoms with van der Waals surface area (Å²) in [6, 6.07) is 0. The van der Waals surface area contributed by atoms with E-state index in [0.29, 0.717) is 11.7 Å². The van der Waals surface area contributed by atoms with Gasteiger partial charge in [0.05, 0.1) is 6.61 Å². The Labute approximate surface area is 114 Å². The van der Waals surface area contributed by atoms with Crippen LogP contribution in [-0.2, 0) is 4.74 Å². The van der Waals surface area contributed by atoms with Gasteiger partial charge in [-0.2, -0.15) is 4.98 Å². The lowest BCUT2D eigenvalue weighted by atomic mass is 9.91. The van der Waals surface area contributed by atoms with Gasteiger partial charge in [-0.25, -0.2) is 0 Å². The van der Waals surface area contributed by atoms with Crippen molar-refractivity contribution < 1.29 is 9.26 Å². The van der Waals surface area contributed by atoms with E-state index in [1.54, 1.807) is 0 Å². The molecule has 0 bridgehead atoms. The zero-order valence-electron chi connectivity index (χ0n) is 11.4. The summed E-state index contributed by atoms with van der Waals surface area (Å²) in [7, 11) is 0. The molecule has 0 radical (unpaired) electrons. The summed E-state index contributed by atoms with van der Waals surface area (Å²) < 4.78 is 11.1. The van der Waals surface area contributed by atoms with E-state index in [-0.39, 0.29) is 6.10 Å². The number of nitrogens with zero attached hydrogens (tertiary/aromatic N) is 2. The first-order valence-corrected chi connectivity index (χ1v) is 7.59. The highest BCUT2D eigenvalue weighted by molar-refractivity contribution is 4.98. The van der Waals surface area contributed by atoms with E-state index in [9.17, 15) is 0 Å². The number of hydrogen-bond donors (Lipinski definition) is 1. The largest absolute Gasteiger partial charge is 0.367 e. The van der Waals surface area contributed by atoms with Gasteiger partial charge in [-0.05, 0) is 12.8 Å². The van der Waals surface area contributed by atoms with Crippen molar-refractivity contribution in [2.24, 2.45) is 0 Å². The van der Waals surface area contributed by atoms with Crippen LogP contribution in [0.15, 0.2) is 4.52 Å². The molecule has 0 aromatic carbocycles. The summed E-state index contributed by atoms with van der Waals surface area (Å²) in [5, 5.41) is 7.41. The minimum absolute atomic E-state index is 0.0418. The maximum atomic E-state index is 5.66. The predicted octanol–water partition coefficient (Wildman–Crippen LogP) is 2.56. The summed E-state index contributed by atoms with van der Waals surface area (Å²) in [5.74, 6) is 1.99. The number of morpholine rings is 1. The Morgan fingerprint density at radius 2 is 1.84 bits per heavy atom. The predicted molar refractivity (Wildman–Crippen MR) is 70.9 cm³/mol. The Morgan fingerprint density at radius 3 is 2.58 bits per heavy atom. The Kier molecular flexibility index (Phi) is 4.45. The van der Waals surface area contributed by atoms with Crippen LogP contribution in [0, 0.1) is 0 Å². The molecule has 1 aliphatic heterocycles. The normalized spacial score (nSPS) is 26.8. The number of ether oxygens (including phenoxy) is 1. The van der Waals surface area contributed by atoms with Crippen molar-refractivity contribution in [2.75, 3.05) is 19.7 Å². The molecule has 5 nitrogen and oxygen atoms in total. The van der Waals surface area contributed by atoms with Crippen molar-refractivity contribution in [3.8, 4) is 0 Å². The van der Waals surface area contributed by atoms with Crippen molar-refractivity contribution in [2.45, 2.75) is 57.0 Å². The number of hydrogen-bond acceptors (Lipinski definition) is 5. The van der Waals surface area contributed by atoms with Crippen LogP contribution in [-0.4, -0.2) is 29.8 Å². The van der Waals surface area contributed by atoms with Gasteiger partial charge in [0.25, 0.3) is 0 Å². The second kappa shape index (κ2) is 6.48. The highest BCUT2D eigenvalue weighted by Crippen LogP contribution is 2.30. The van der Waals surface area contributed by atoms with Crippen LogP contribution in [0.4, 0.5) is 0 Å². The van der Waals surface area contributed by atoms with Crippen molar-refractivity contribution in [3.05, 3.63) is 11.7 Å². The number of aromatic nitrogens is 2. The minimum Gasteiger partial charge on any atom is -0.367 e. The molecule has 1 aromatic heterocycles. The summed E-state index contributed by atoms with van der Waals surface area (Å²) in [4.78, 5) is 4.59. The van der Waals surface area contributed by atoms with Crippen molar-refractivity contribution in [1.29, 1.82) is 0 Å². The van der Waals surface area contributed by atoms with Gasteiger partial charge in [0.2, 0.25) is 11.7 Å². The van der Waals surface area contributed by atoms with Gasteiger partial charge in [0, 0.05) is 19.0 Å². The van der Waals surface area contributed by atoms with E-state index in [1.807, 2.05) is 0 Å². The Bertz CT molecular complexity index is 380. The first kappa shape index (κ1) is 13.1. The smallest absolute Gasteiger partial charge is 0.229 e. The first-order valence-electron chi connectivity index (χ1n) is 7.59. The molecule has 0 amide bonds. The third-order valence-corrected chi connectivity index (χ3v) is 4.13. The maximum absolute atomic E-state index is 5.66. The number of nitrogens with one attached hydrogen (secondary N) is 1. The zero-order valence-corrected chi connectivity index (χ0v) is 11.4. The van der Waals surface area contributed by atoms with Crippen LogP contribution in [0.1, 0.15) is 68.7 Å². The average Bonchev–Trinajstić information content (AvgIpc) is 2.89. The van der Waals surface area contributed by atoms with Gasteiger partial charge < -0.3 is 14.6 Å². The molecule has 106 valence electrons. The fourth-order valence-electron chi connectivity index (χ4n) is 2.98. The molecule has 1 aliphatic carbocycles. The molecule has 2 heterocycles. The second-order valence-electron chi connectivity index (χ2n) is 5.60. The molecule has 2 fully saturated rings. The minimum atomic E-state index is -0.0418. The highest BCUT2D eigenvalue weighted by Gasteiger charge is 2.25. The van der Waals surface area contributed by atoms with E-state index in [2.05, 4.69) is 15.5 Å². The van der Waals surface area contributed by atoms with Gasteiger partial charge in [0.15, 0.2) is 0 Å². The van der Waals surface area contributed by atoms with Crippen LogP contribution in [0.5, 0.6) is 0 Å². The standard InChI is InChI=1S/C14H23N3O2/c1-2-4-6-11(7-5-3-1)14-16-13(17-19-14)12-10-15-8-9-18-12/h11-12,15H,1-10H2. The Balaban J connectivity index is 1.65. The number of rotatable bonds is 2. The molecule has 1 atom stereocenters. The third kappa shape index (κ3) is 3.34. The molecule has 1 unspecified atom stereocenters. The highest BCUT2D eigenvalue weighted by atomic mass is 16.5. The van der Waals surface area contributed by atoms with Gasteiger partial charge >= 0.3 is 0 Å². The molecule has 0 spiro atoms. The second-order valence-corrected chi connectivity index (χ2v) is 5.60. The fourth-order valence-corrected chi connectivity index (χ4v) is 2.98. The molecule has 3 rings (SSSR count). The molecule has 1 saturated heterocycles. The van der Waals surface area contributed by atoms with Gasteiger partial charge in [0.1, 0.15) is 6.10 Å². The lowest BCUT2D eigenvalue weighted by Crippen LogP contribution is -2.33. The monoisotopic (exact) mass is 265 g/mol. The summed E-state index contributed by atoms with van der Waals surface area (Å²) in [6.07, 6.45) is 8.95. The fraction of sp³-hybridized carbons (Fsp3) is 0.857. The Morgan fingerprint density at radius 1 is 1.05 bits per heavy atom. The molecule has 1 aromatic rings. The summed E-state index contributed by atoms with van der Waals surface area (Å²) >= 11 is 0. The molecule has 2 aliphatic rings. The van der Waals surface area contributed by atoms with Crippen LogP contribution in [0.3, 0.4) is 0 Å². The van der Waals surface area contributed by atoms with Gasteiger partial charge in [-0.15, -0.1) is 0 Å². The molecule has 5 heteroatoms. The molecule has 1 N–H and O–H groups in total. The topological polar surface area (TPSA) is 60.2 Å². The van der Waals surface area contributed by atoms with E-state index >= 15 is 0 Å². The van der Waals surface area contributed by atoms with Crippen molar-refractivity contribution >= 4 is 0 Å². The maximum Gasteiger partial charge on any atom is 0.229 e. The molecule has 19 heavy (non-hydrogen) atoms. The van der Waals surface area contributed by atoms with Crippen LogP contribution in [0.25, 0.3) is 0 Å². The molecular formula is C14H23N3O2. The third-order valence-electron chi connectivity index (χ3n) is 4.13. The SMILES string of the molecule is C1CCCC(c2nc(C3CNCCO3)no2)CCC1. The van der Waals surface area contributed by atoms with Crippen molar-refractivity contribution in [3.63, 3.8) is 0 Å².